The van der Waals surface area contributed by atoms with Crippen LogP contribution in [0.4, 0.5) is 0 Å². The van der Waals surface area contributed by atoms with E-state index in [2.05, 4.69) is 11.9 Å². The number of fused-ring (bicyclic) bond motifs is 1. The van der Waals surface area contributed by atoms with E-state index in [0.29, 0.717) is 5.92 Å². The van der Waals surface area contributed by atoms with Gasteiger partial charge in [-0.15, -0.1) is 0 Å². The van der Waals surface area contributed by atoms with Crippen molar-refractivity contribution in [2.75, 3.05) is 0 Å². The standard InChI is InChI=1S/C11H14N2O2/c1-6-2-3-9-7(4-6)5-8(10(12)14)11(15)13-9/h5-6H,2-4H2,1H3,(H2,12,14)(H,13,15). The molecule has 1 unspecified atom stereocenters. The highest BCUT2D eigenvalue weighted by atomic mass is 16.2. The second-order valence-electron chi connectivity index (χ2n) is 4.23. The number of H-pyrrole nitrogens is 1. The zero-order valence-corrected chi connectivity index (χ0v) is 8.67. The van der Waals surface area contributed by atoms with Crippen molar-refractivity contribution in [3.05, 3.63) is 33.2 Å². The smallest absolute Gasteiger partial charge is 0.261 e. The quantitative estimate of drug-likeness (QED) is 0.706. The van der Waals surface area contributed by atoms with E-state index in [1.54, 1.807) is 6.07 Å². The van der Waals surface area contributed by atoms with Gasteiger partial charge in [-0.3, -0.25) is 9.59 Å². The monoisotopic (exact) mass is 206 g/mol. The molecule has 0 radical (unpaired) electrons. The molecule has 0 saturated carbocycles. The molecule has 1 amide bonds. The van der Waals surface area contributed by atoms with Gasteiger partial charge in [0.25, 0.3) is 11.5 Å². The Morgan fingerprint density at radius 2 is 2.33 bits per heavy atom. The first-order valence-corrected chi connectivity index (χ1v) is 5.13. The summed E-state index contributed by atoms with van der Waals surface area (Å²) in [6.07, 6.45) is 2.87. The number of amides is 1. The first-order valence-electron chi connectivity index (χ1n) is 5.13. The average Bonchev–Trinajstić information content (AvgIpc) is 2.17. The van der Waals surface area contributed by atoms with Gasteiger partial charge in [0.1, 0.15) is 5.56 Å². The summed E-state index contributed by atoms with van der Waals surface area (Å²) in [5.74, 6) is -0.0543. The lowest BCUT2D eigenvalue weighted by molar-refractivity contribution is 0.0998. The van der Waals surface area contributed by atoms with Crippen molar-refractivity contribution in [2.24, 2.45) is 11.7 Å². The van der Waals surface area contributed by atoms with Crippen LogP contribution in [0.5, 0.6) is 0 Å². The number of hydrogen-bond acceptors (Lipinski definition) is 2. The molecule has 80 valence electrons. The minimum atomic E-state index is -0.655. The van der Waals surface area contributed by atoms with Gasteiger partial charge in [0.05, 0.1) is 0 Å². The number of primary amides is 1. The maximum absolute atomic E-state index is 11.5. The SMILES string of the molecule is CC1CCc2[nH]c(=O)c(C(N)=O)cc2C1. The van der Waals surface area contributed by atoms with Gasteiger partial charge in [0.15, 0.2) is 0 Å². The lowest BCUT2D eigenvalue weighted by Gasteiger charge is -2.21. The van der Waals surface area contributed by atoms with E-state index in [0.717, 1.165) is 30.5 Å². The molecule has 0 spiro atoms. The molecule has 1 aromatic rings. The predicted molar refractivity (Wildman–Crippen MR) is 56.8 cm³/mol. The molecule has 15 heavy (non-hydrogen) atoms. The highest BCUT2D eigenvalue weighted by Crippen LogP contribution is 2.23. The second kappa shape index (κ2) is 3.53. The van der Waals surface area contributed by atoms with Gasteiger partial charge >= 0.3 is 0 Å². The number of carbonyl (C=O) groups is 1. The first-order chi connectivity index (χ1) is 7.08. The van der Waals surface area contributed by atoms with E-state index in [-0.39, 0.29) is 11.1 Å². The van der Waals surface area contributed by atoms with Crippen LogP contribution in [0.3, 0.4) is 0 Å². The van der Waals surface area contributed by atoms with Crippen molar-refractivity contribution >= 4 is 5.91 Å². The number of aryl methyl sites for hydroxylation is 1. The molecular weight excluding hydrogens is 192 g/mol. The third-order valence-electron chi connectivity index (χ3n) is 2.94. The molecule has 2 rings (SSSR count). The Labute approximate surface area is 87.5 Å². The summed E-state index contributed by atoms with van der Waals surface area (Å²) in [6, 6.07) is 1.64. The molecule has 1 aromatic heterocycles. The number of rotatable bonds is 1. The number of pyridine rings is 1. The van der Waals surface area contributed by atoms with Gasteiger partial charge in [-0.2, -0.15) is 0 Å². The summed E-state index contributed by atoms with van der Waals surface area (Å²) in [6.45, 7) is 2.16. The molecule has 0 fully saturated rings. The maximum Gasteiger partial charge on any atom is 0.261 e. The van der Waals surface area contributed by atoms with E-state index in [9.17, 15) is 9.59 Å². The lowest BCUT2D eigenvalue weighted by Crippen LogP contribution is -2.27. The molecule has 0 bridgehead atoms. The largest absolute Gasteiger partial charge is 0.365 e. The zero-order chi connectivity index (χ0) is 11.0. The van der Waals surface area contributed by atoms with E-state index < -0.39 is 5.91 Å². The van der Waals surface area contributed by atoms with Crippen LogP contribution in [-0.4, -0.2) is 10.9 Å². The highest BCUT2D eigenvalue weighted by molar-refractivity contribution is 5.92. The van der Waals surface area contributed by atoms with Crippen LogP contribution in [0, 0.1) is 5.92 Å². The highest BCUT2D eigenvalue weighted by Gasteiger charge is 2.18. The number of carbonyl (C=O) groups excluding carboxylic acids is 1. The van der Waals surface area contributed by atoms with Crippen molar-refractivity contribution < 1.29 is 4.79 Å². The number of aromatic nitrogens is 1. The fraction of sp³-hybridized carbons (Fsp3) is 0.455. The van der Waals surface area contributed by atoms with E-state index >= 15 is 0 Å². The van der Waals surface area contributed by atoms with Crippen LogP contribution in [0.25, 0.3) is 0 Å². The first kappa shape index (κ1) is 9.96. The Bertz CT molecular complexity index is 462. The van der Waals surface area contributed by atoms with E-state index in [1.807, 2.05) is 0 Å². The predicted octanol–water partition coefficient (Wildman–Crippen LogP) is 0.599. The topological polar surface area (TPSA) is 75.9 Å². The average molecular weight is 206 g/mol. The molecule has 4 nitrogen and oxygen atoms in total. The Kier molecular flexibility index (Phi) is 2.34. The van der Waals surface area contributed by atoms with Crippen molar-refractivity contribution in [1.82, 2.24) is 4.98 Å². The Morgan fingerprint density at radius 1 is 1.60 bits per heavy atom. The van der Waals surface area contributed by atoms with E-state index in [1.165, 1.54) is 0 Å². The summed E-state index contributed by atoms with van der Waals surface area (Å²) < 4.78 is 0. The van der Waals surface area contributed by atoms with Crippen molar-refractivity contribution in [2.45, 2.75) is 26.2 Å². The number of nitrogens with one attached hydrogen (secondary N) is 1. The molecule has 1 aliphatic carbocycles. The summed E-state index contributed by atoms with van der Waals surface area (Å²) in [5.41, 5.74) is 6.85. The molecule has 1 heterocycles. The molecular formula is C11H14N2O2. The fourth-order valence-electron chi connectivity index (χ4n) is 2.07. The van der Waals surface area contributed by atoms with Crippen LogP contribution in [-0.2, 0) is 12.8 Å². The number of hydrogen-bond donors (Lipinski definition) is 2. The number of nitrogens with two attached hydrogens (primary N) is 1. The van der Waals surface area contributed by atoms with Gasteiger partial charge in [-0.1, -0.05) is 6.92 Å². The lowest BCUT2D eigenvalue weighted by atomic mass is 9.87. The summed E-state index contributed by atoms with van der Waals surface area (Å²) in [5, 5.41) is 0. The molecule has 1 aliphatic rings. The second-order valence-corrected chi connectivity index (χ2v) is 4.23. The Hall–Kier alpha value is -1.58. The fourth-order valence-corrected chi connectivity index (χ4v) is 2.07. The molecule has 0 saturated heterocycles. The van der Waals surface area contributed by atoms with Crippen molar-refractivity contribution in [3.63, 3.8) is 0 Å². The Morgan fingerprint density at radius 3 is 3.00 bits per heavy atom. The maximum atomic E-state index is 11.5. The van der Waals surface area contributed by atoms with Crippen molar-refractivity contribution in [3.8, 4) is 0 Å². The molecule has 0 aromatic carbocycles. The zero-order valence-electron chi connectivity index (χ0n) is 8.67. The van der Waals surface area contributed by atoms with Crippen LogP contribution in [0.2, 0.25) is 0 Å². The van der Waals surface area contributed by atoms with Crippen LogP contribution < -0.4 is 11.3 Å². The van der Waals surface area contributed by atoms with Gasteiger partial charge < -0.3 is 10.7 Å². The van der Waals surface area contributed by atoms with Gasteiger partial charge in [-0.25, -0.2) is 0 Å². The van der Waals surface area contributed by atoms with Crippen LogP contribution in [0.15, 0.2) is 10.9 Å². The third-order valence-corrected chi connectivity index (χ3v) is 2.94. The molecule has 4 heteroatoms. The summed E-state index contributed by atoms with van der Waals surface area (Å²) in [4.78, 5) is 25.2. The van der Waals surface area contributed by atoms with Gasteiger partial charge in [0.2, 0.25) is 0 Å². The summed E-state index contributed by atoms with van der Waals surface area (Å²) >= 11 is 0. The Balaban J connectivity index is 2.52. The molecule has 0 aliphatic heterocycles. The minimum Gasteiger partial charge on any atom is -0.365 e. The molecule has 3 N–H and O–H groups in total. The normalized spacial score (nSPS) is 19.7. The van der Waals surface area contributed by atoms with Gasteiger partial charge in [0, 0.05) is 5.69 Å². The summed E-state index contributed by atoms with van der Waals surface area (Å²) in [7, 11) is 0. The van der Waals surface area contributed by atoms with E-state index in [4.69, 9.17) is 5.73 Å². The minimum absolute atomic E-state index is 0.0721. The van der Waals surface area contributed by atoms with Crippen LogP contribution >= 0.6 is 0 Å². The van der Waals surface area contributed by atoms with Crippen LogP contribution in [0.1, 0.15) is 35.0 Å². The number of aromatic amines is 1. The van der Waals surface area contributed by atoms with Gasteiger partial charge in [-0.05, 0) is 36.8 Å². The molecule has 1 atom stereocenters. The van der Waals surface area contributed by atoms with Crippen molar-refractivity contribution in [1.29, 1.82) is 0 Å². The third kappa shape index (κ3) is 1.79.